The van der Waals surface area contributed by atoms with Crippen molar-refractivity contribution >= 4 is 22.6 Å². The lowest BCUT2D eigenvalue weighted by Crippen LogP contribution is -2.36. The molecular formula is C21H18FN3O4. The third kappa shape index (κ3) is 4.01. The van der Waals surface area contributed by atoms with Crippen LogP contribution in [0.15, 0.2) is 53.3 Å². The molecule has 0 radical (unpaired) electrons. The van der Waals surface area contributed by atoms with E-state index < -0.39 is 24.0 Å². The van der Waals surface area contributed by atoms with E-state index in [9.17, 15) is 18.8 Å². The Balaban J connectivity index is 1.47. The van der Waals surface area contributed by atoms with E-state index in [1.807, 2.05) is 0 Å². The molecule has 1 aliphatic carbocycles. The summed E-state index contributed by atoms with van der Waals surface area (Å²) in [7, 11) is 0. The molecule has 0 atom stereocenters. The van der Waals surface area contributed by atoms with Gasteiger partial charge in [-0.15, -0.1) is 0 Å². The van der Waals surface area contributed by atoms with E-state index >= 15 is 0 Å². The van der Waals surface area contributed by atoms with Gasteiger partial charge in [0.05, 0.1) is 5.39 Å². The molecule has 0 saturated heterocycles. The predicted molar refractivity (Wildman–Crippen MR) is 103 cm³/mol. The van der Waals surface area contributed by atoms with Crippen molar-refractivity contribution in [2.45, 2.75) is 25.4 Å². The number of halogens is 1. The van der Waals surface area contributed by atoms with Crippen molar-refractivity contribution in [2.24, 2.45) is 0 Å². The predicted octanol–water partition coefficient (Wildman–Crippen LogP) is 2.41. The molecule has 2 aromatic carbocycles. The number of rotatable bonds is 6. The zero-order valence-corrected chi connectivity index (χ0v) is 15.4. The van der Waals surface area contributed by atoms with Gasteiger partial charge < -0.3 is 9.64 Å². The third-order valence-corrected chi connectivity index (χ3v) is 4.82. The van der Waals surface area contributed by atoms with Crippen molar-refractivity contribution < 1.29 is 18.7 Å². The number of amides is 1. The molecule has 1 heterocycles. The molecule has 4 rings (SSSR count). The lowest BCUT2D eigenvalue weighted by molar-refractivity contribution is -0.135. The maximum Gasteiger partial charge on any atom is 0.359 e. The van der Waals surface area contributed by atoms with Crippen LogP contribution >= 0.6 is 0 Å². The Morgan fingerprint density at radius 3 is 2.52 bits per heavy atom. The lowest BCUT2D eigenvalue weighted by Gasteiger charge is -2.22. The molecule has 1 aliphatic rings. The molecule has 148 valence electrons. The van der Waals surface area contributed by atoms with E-state index in [4.69, 9.17) is 4.74 Å². The Hall–Kier alpha value is -3.55. The minimum absolute atomic E-state index is 0.0212. The van der Waals surface area contributed by atoms with Crippen LogP contribution in [0, 0.1) is 5.82 Å². The van der Waals surface area contributed by atoms with Crippen molar-refractivity contribution in [3.63, 3.8) is 0 Å². The highest BCUT2D eigenvalue weighted by Gasteiger charge is 2.33. The Morgan fingerprint density at radius 2 is 1.79 bits per heavy atom. The standard InChI is InChI=1S/C21H18FN3O4/c22-17-8-4-1-5-13(17)11-25(14-9-10-14)18(26)12-29-21(28)19-15-6-2-3-7-16(15)20(27)24-23-19/h1-8,14H,9-12H2,(H,24,27). The Labute approximate surface area is 165 Å². The minimum atomic E-state index is -0.813. The normalized spacial score (nSPS) is 13.3. The molecule has 8 heteroatoms. The van der Waals surface area contributed by atoms with E-state index in [-0.39, 0.29) is 24.1 Å². The second-order valence-corrected chi connectivity index (χ2v) is 6.87. The van der Waals surface area contributed by atoms with E-state index in [1.54, 1.807) is 42.5 Å². The first-order valence-electron chi connectivity index (χ1n) is 9.22. The first kappa shape index (κ1) is 18.8. The molecular weight excluding hydrogens is 377 g/mol. The highest BCUT2D eigenvalue weighted by molar-refractivity contribution is 6.02. The number of benzene rings is 2. The van der Waals surface area contributed by atoms with Crippen molar-refractivity contribution in [1.82, 2.24) is 15.1 Å². The van der Waals surface area contributed by atoms with Gasteiger partial charge in [0, 0.05) is 23.5 Å². The fourth-order valence-corrected chi connectivity index (χ4v) is 3.17. The van der Waals surface area contributed by atoms with Gasteiger partial charge in [0.2, 0.25) is 0 Å². The number of fused-ring (bicyclic) bond motifs is 1. The van der Waals surface area contributed by atoms with Gasteiger partial charge in [-0.25, -0.2) is 14.3 Å². The number of hydrogen-bond acceptors (Lipinski definition) is 5. The monoisotopic (exact) mass is 395 g/mol. The van der Waals surface area contributed by atoms with Crippen LogP contribution in [-0.4, -0.2) is 39.6 Å². The van der Waals surface area contributed by atoms with E-state index in [0.717, 1.165) is 12.8 Å². The second kappa shape index (κ2) is 7.83. The van der Waals surface area contributed by atoms with Crippen LogP contribution in [0.5, 0.6) is 0 Å². The van der Waals surface area contributed by atoms with Gasteiger partial charge in [-0.1, -0.05) is 36.4 Å². The highest BCUT2D eigenvalue weighted by atomic mass is 19.1. The molecule has 0 spiro atoms. The van der Waals surface area contributed by atoms with E-state index in [0.29, 0.717) is 16.3 Å². The summed E-state index contributed by atoms with van der Waals surface area (Å²) >= 11 is 0. The average Bonchev–Trinajstić information content (AvgIpc) is 3.57. The van der Waals surface area contributed by atoms with Crippen LogP contribution in [0.1, 0.15) is 28.9 Å². The van der Waals surface area contributed by atoms with E-state index in [2.05, 4.69) is 10.2 Å². The van der Waals surface area contributed by atoms with Crippen LogP contribution in [0.25, 0.3) is 10.8 Å². The molecule has 1 amide bonds. The maximum atomic E-state index is 14.0. The quantitative estimate of drug-likeness (QED) is 0.647. The summed E-state index contributed by atoms with van der Waals surface area (Å²) in [5, 5.41) is 6.68. The number of nitrogens with zero attached hydrogens (tertiary/aromatic N) is 2. The number of ether oxygens (including phenoxy) is 1. The van der Waals surface area contributed by atoms with Crippen molar-refractivity contribution in [2.75, 3.05) is 6.61 Å². The van der Waals surface area contributed by atoms with Crippen LogP contribution in [0.3, 0.4) is 0 Å². The van der Waals surface area contributed by atoms with Gasteiger partial charge in [-0.05, 0) is 25.0 Å². The topological polar surface area (TPSA) is 92.4 Å². The van der Waals surface area contributed by atoms with Gasteiger partial charge in [0.1, 0.15) is 5.82 Å². The first-order valence-corrected chi connectivity index (χ1v) is 9.22. The molecule has 1 aromatic heterocycles. The highest BCUT2D eigenvalue weighted by Crippen LogP contribution is 2.29. The lowest BCUT2D eigenvalue weighted by atomic mass is 10.1. The van der Waals surface area contributed by atoms with Crippen LogP contribution in [-0.2, 0) is 16.1 Å². The van der Waals surface area contributed by atoms with Gasteiger partial charge in [-0.2, -0.15) is 5.10 Å². The Morgan fingerprint density at radius 1 is 1.10 bits per heavy atom. The smallest absolute Gasteiger partial charge is 0.359 e. The first-order chi connectivity index (χ1) is 14.0. The van der Waals surface area contributed by atoms with Crippen molar-refractivity contribution in [3.8, 4) is 0 Å². The number of carbonyl (C=O) groups excluding carboxylic acids is 2. The minimum Gasteiger partial charge on any atom is -0.451 e. The number of aromatic amines is 1. The largest absolute Gasteiger partial charge is 0.451 e. The number of hydrogen-bond donors (Lipinski definition) is 1. The molecule has 0 unspecified atom stereocenters. The summed E-state index contributed by atoms with van der Waals surface area (Å²) in [6.45, 7) is -0.369. The fraction of sp³-hybridized carbons (Fsp3) is 0.238. The number of H-pyrrole nitrogens is 1. The maximum absolute atomic E-state index is 14.0. The van der Waals surface area contributed by atoms with E-state index in [1.165, 1.54) is 11.0 Å². The number of aromatic nitrogens is 2. The van der Waals surface area contributed by atoms with Crippen molar-refractivity contribution in [3.05, 3.63) is 76.0 Å². The fourth-order valence-electron chi connectivity index (χ4n) is 3.17. The van der Waals surface area contributed by atoms with Gasteiger partial charge in [0.25, 0.3) is 11.5 Å². The summed E-state index contributed by atoms with van der Waals surface area (Å²) in [5.74, 6) is -1.60. The second-order valence-electron chi connectivity index (χ2n) is 6.87. The number of esters is 1. The molecule has 1 fully saturated rings. The zero-order chi connectivity index (χ0) is 20.4. The molecule has 1 saturated carbocycles. The van der Waals surface area contributed by atoms with Crippen LogP contribution in [0.4, 0.5) is 4.39 Å². The summed E-state index contributed by atoms with van der Waals surface area (Å²) in [6.07, 6.45) is 1.67. The molecule has 3 aromatic rings. The number of nitrogens with one attached hydrogen (secondary N) is 1. The summed E-state index contributed by atoms with van der Waals surface area (Å²) in [6, 6.07) is 12.8. The molecule has 1 N–H and O–H groups in total. The molecule has 29 heavy (non-hydrogen) atoms. The summed E-state index contributed by atoms with van der Waals surface area (Å²) < 4.78 is 19.1. The Bertz CT molecular complexity index is 1140. The van der Waals surface area contributed by atoms with Gasteiger partial charge >= 0.3 is 5.97 Å². The Kier molecular flexibility index (Phi) is 5.07. The molecule has 0 aliphatic heterocycles. The molecule has 7 nitrogen and oxygen atoms in total. The molecule has 0 bridgehead atoms. The van der Waals surface area contributed by atoms with Crippen molar-refractivity contribution in [1.29, 1.82) is 0 Å². The SMILES string of the molecule is O=C(OCC(=O)N(Cc1ccccc1F)C1CC1)c1n[nH]c(=O)c2ccccc12. The number of carbonyl (C=O) groups is 2. The van der Waals surface area contributed by atoms with Gasteiger partial charge in [-0.3, -0.25) is 9.59 Å². The van der Waals surface area contributed by atoms with Crippen LogP contribution < -0.4 is 5.56 Å². The van der Waals surface area contributed by atoms with Gasteiger partial charge in [0.15, 0.2) is 12.3 Å². The van der Waals surface area contributed by atoms with Crippen LogP contribution in [0.2, 0.25) is 0 Å². The zero-order valence-electron chi connectivity index (χ0n) is 15.4. The third-order valence-electron chi connectivity index (χ3n) is 4.82. The average molecular weight is 395 g/mol. The summed E-state index contributed by atoms with van der Waals surface area (Å²) in [5.41, 5.74) is -0.0783. The summed E-state index contributed by atoms with van der Waals surface area (Å²) in [4.78, 5) is 38.5.